The summed E-state index contributed by atoms with van der Waals surface area (Å²) in [7, 11) is 1.83. The van der Waals surface area contributed by atoms with E-state index in [1.165, 1.54) is 28.2 Å². The Morgan fingerprint density at radius 1 is 1.11 bits per heavy atom. The molecule has 5 nitrogen and oxygen atoms in total. The maximum absolute atomic E-state index is 13.1. The highest BCUT2D eigenvalue weighted by Crippen LogP contribution is 2.32. The first kappa shape index (κ1) is 18.6. The molecule has 1 atom stereocenters. The Hall–Kier alpha value is -2.73. The molecule has 0 bridgehead atoms. The van der Waals surface area contributed by atoms with Gasteiger partial charge in [0.15, 0.2) is 0 Å². The molecule has 4 rings (SSSR count). The monoisotopic (exact) mass is 381 g/mol. The zero-order valence-electron chi connectivity index (χ0n) is 16.2. The highest BCUT2D eigenvalue weighted by atomic mass is 19.1. The van der Waals surface area contributed by atoms with Crippen LogP contribution in [0.25, 0.3) is 0 Å². The van der Waals surface area contributed by atoms with Crippen molar-refractivity contribution in [3.8, 4) is 0 Å². The maximum Gasteiger partial charge on any atom is 0.326 e. The molecule has 3 amide bonds. The lowest BCUT2D eigenvalue weighted by atomic mass is 9.90. The molecule has 6 heteroatoms. The van der Waals surface area contributed by atoms with Gasteiger partial charge in [-0.15, -0.1) is 0 Å². The van der Waals surface area contributed by atoms with Gasteiger partial charge in [0.1, 0.15) is 11.4 Å². The third-order valence-corrected chi connectivity index (χ3v) is 5.70. The molecule has 2 aromatic carbocycles. The Labute approximate surface area is 164 Å². The van der Waals surface area contributed by atoms with Crippen LogP contribution in [0.5, 0.6) is 0 Å². The highest BCUT2D eigenvalue weighted by Gasteiger charge is 2.49. The average molecular weight is 381 g/mol. The van der Waals surface area contributed by atoms with E-state index >= 15 is 0 Å². The fraction of sp³-hybridized carbons (Fsp3) is 0.364. The van der Waals surface area contributed by atoms with Gasteiger partial charge in [0.2, 0.25) is 0 Å². The van der Waals surface area contributed by atoms with E-state index in [1.807, 2.05) is 18.0 Å². The normalized spacial score (nSPS) is 21.4. The van der Waals surface area contributed by atoms with Crippen molar-refractivity contribution in [2.24, 2.45) is 0 Å². The molecule has 1 fully saturated rings. The lowest BCUT2D eigenvalue weighted by Gasteiger charge is -2.25. The molecule has 1 aliphatic heterocycles. The van der Waals surface area contributed by atoms with Crippen molar-refractivity contribution in [3.05, 3.63) is 70.5 Å². The number of rotatable bonds is 5. The molecule has 1 N–H and O–H groups in total. The number of nitrogens with zero attached hydrogens (tertiary/aromatic N) is 2. The summed E-state index contributed by atoms with van der Waals surface area (Å²) in [5.74, 6) is -0.535. The number of aryl methyl sites for hydroxylation is 2. The van der Waals surface area contributed by atoms with Crippen LogP contribution in [0.1, 0.15) is 35.6 Å². The van der Waals surface area contributed by atoms with Gasteiger partial charge in [-0.3, -0.25) is 9.69 Å². The van der Waals surface area contributed by atoms with Crippen LogP contribution >= 0.6 is 0 Å². The molecule has 28 heavy (non-hydrogen) atoms. The zero-order chi connectivity index (χ0) is 19.9. The van der Waals surface area contributed by atoms with Crippen LogP contribution in [0.2, 0.25) is 0 Å². The average Bonchev–Trinajstić information content (AvgIpc) is 3.22. The minimum atomic E-state index is -1.05. The van der Waals surface area contributed by atoms with Crippen LogP contribution in [0.4, 0.5) is 9.18 Å². The summed E-state index contributed by atoms with van der Waals surface area (Å²) in [5, 5.41) is 2.88. The van der Waals surface area contributed by atoms with E-state index < -0.39 is 5.54 Å². The molecule has 1 aliphatic carbocycles. The minimum Gasteiger partial charge on any atom is -0.319 e. The van der Waals surface area contributed by atoms with E-state index in [0.717, 1.165) is 30.4 Å². The van der Waals surface area contributed by atoms with Gasteiger partial charge < -0.3 is 5.32 Å². The zero-order valence-corrected chi connectivity index (χ0v) is 16.2. The van der Waals surface area contributed by atoms with Crippen LogP contribution in [0.3, 0.4) is 0 Å². The smallest absolute Gasteiger partial charge is 0.319 e. The number of urea groups is 1. The van der Waals surface area contributed by atoms with Crippen molar-refractivity contribution in [3.63, 3.8) is 0 Å². The van der Waals surface area contributed by atoms with Crippen molar-refractivity contribution in [2.45, 2.75) is 38.3 Å². The standard InChI is InChI=1S/C22H24FN3O2/c1-22(18-9-8-16-4-3-5-17(16)12-18)20(27)26(21(28)24-22)14-25(2)13-15-6-10-19(23)11-7-15/h6-12H,3-5,13-14H2,1-2H3,(H,24,28)/t22-/m1/s1. The number of fused-ring (bicyclic) bond motifs is 1. The molecule has 0 aromatic heterocycles. The van der Waals surface area contributed by atoms with Gasteiger partial charge in [-0.1, -0.05) is 30.3 Å². The Morgan fingerprint density at radius 2 is 1.82 bits per heavy atom. The number of halogens is 1. The van der Waals surface area contributed by atoms with E-state index in [9.17, 15) is 14.0 Å². The Kier molecular flexibility index (Phi) is 4.67. The molecule has 1 saturated heterocycles. The number of carbonyl (C=O) groups is 2. The summed E-state index contributed by atoms with van der Waals surface area (Å²) in [5.41, 5.74) is 3.30. The molecule has 146 valence electrons. The SMILES string of the molecule is CN(Cc1ccc(F)cc1)CN1C(=O)N[C@](C)(c2ccc3c(c2)CCC3)C1=O. The maximum atomic E-state index is 13.1. The second kappa shape index (κ2) is 7.02. The number of carbonyl (C=O) groups excluding carboxylic acids is 2. The number of hydrogen-bond donors (Lipinski definition) is 1. The summed E-state index contributed by atoms with van der Waals surface area (Å²) in [6.07, 6.45) is 3.23. The van der Waals surface area contributed by atoms with E-state index in [1.54, 1.807) is 19.1 Å². The van der Waals surface area contributed by atoms with Crippen molar-refractivity contribution in [2.75, 3.05) is 13.7 Å². The van der Waals surface area contributed by atoms with Gasteiger partial charge in [0.25, 0.3) is 5.91 Å². The predicted octanol–water partition coefficient (Wildman–Crippen LogP) is 3.17. The molecule has 2 aromatic rings. The summed E-state index contributed by atoms with van der Waals surface area (Å²) in [4.78, 5) is 28.8. The van der Waals surface area contributed by atoms with Gasteiger partial charge in [0, 0.05) is 6.54 Å². The van der Waals surface area contributed by atoms with Crippen molar-refractivity contribution >= 4 is 11.9 Å². The first-order valence-electron chi connectivity index (χ1n) is 9.56. The van der Waals surface area contributed by atoms with Crippen LogP contribution in [-0.4, -0.2) is 35.5 Å². The third-order valence-electron chi connectivity index (χ3n) is 5.70. The summed E-state index contributed by atoms with van der Waals surface area (Å²) < 4.78 is 13.1. The fourth-order valence-electron chi connectivity index (χ4n) is 4.10. The quantitative estimate of drug-likeness (QED) is 0.810. The Morgan fingerprint density at radius 3 is 2.57 bits per heavy atom. The summed E-state index contributed by atoms with van der Waals surface area (Å²) >= 11 is 0. The first-order chi connectivity index (χ1) is 13.4. The first-order valence-corrected chi connectivity index (χ1v) is 9.56. The topological polar surface area (TPSA) is 52.6 Å². The highest BCUT2D eigenvalue weighted by molar-refractivity contribution is 6.07. The van der Waals surface area contributed by atoms with E-state index in [-0.39, 0.29) is 24.4 Å². The number of benzene rings is 2. The van der Waals surface area contributed by atoms with E-state index in [0.29, 0.717) is 6.54 Å². The number of amides is 3. The van der Waals surface area contributed by atoms with Crippen LogP contribution in [-0.2, 0) is 29.7 Å². The van der Waals surface area contributed by atoms with Gasteiger partial charge in [-0.2, -0.15) is 0 Å². The Bertz CT molecular complexity index is 928. The lowest BCUT2D eigenvalue weighted by Crippen LogP contribution is -2.42. The molecule has 0 unspecified atom stereocenters. The minimum absolute atomic E-state index is 0.169. The summed E-state index contributed by atoms with van der Waals surface area (Å²) in [6.45, 7) is 2.44. The van der Waals surface area contributed by atoms with Gasteiger partial charge in [-0.05, 0) is 67.6 Å². The number of nitrogens with one attached hydrogen (secondary N) is 1. The second-order valence-corrected chi connectivity index (χ2v) is 7.91. The van der Waals surface area contributed by atoms with Crippen molar-refractivity contribution in [1.82, 2.24) is 15.1 Å². The molecule has 1 heterocycles. The molecule has 2 aliphatic rings. The third kappa shape index (κ3) is 3.29. The largest absolute Gasteiger partial charge is 0.326 e. The van der Waals surface area contributed by atoms with Crippen molar-refractivity contribution in [1.29, 1.82) is 0 Å². The van der Waals surface area contributed by atoms with E-state index in [4.69, 9.17) is 0 Å². The Balaban J connectivity index is 1.49. The molecule has 0 saturated carbocycles. The van der Waals surface area contributed by atoms with Crippen molar-refractivity contribution < 1.29 is 14.0 Å². The number of hydrogen-bond acceptors (Lipinski definition) is 3. The second-order valence-electron chi connectivity index (χ2n) is 7.91. The lowest BCUT2D eigenvalue weighted by molar-refractivity contribution is -0.132. The molecular weight excluding hydrogens is 357 g/mol. The predicted molar refractivity (Wildman–Crippen MR) is 104 cm³/mol. The van der Waals surface area contributed by atoms with Gasteiger partial charge in [-0.25, -0.2) is 14.1 Å². The van der Waals surface area contributed by atoms with Crippen LogP contribution in [0.15, 0.2) is 42.5 Å². The van der Waals surface area contributed by atoms with Crippen LogP contribution < -0.4 is 5.32 Å². The molecule has 0 radical (unpaired) electrons. The molecule has 0 spiro atoms. The fourth-order valence-corrected chi connectivity index (χ4v) is 4.10. The van der Waals surface area contributed by atoms with Crippen LogP contribution in [0, 0.1) is 5.82 Å². The molecular formula is C22H24FN3O2. The van der Waals surface area contributed by atoms with E-state index in [2.05, 4.69) is 17.4 Å². The number of imide groups is 1. The van der Waals surface area contributed by atoms with Gasteiger partial charge >= 0.3 is 6.03 Å². The summed E-state index contributed by atoms with van der Waals surface area (Å²) in [6, 6.07) is 11.9. The van der Waals surface area contributed by atoms with Gasteiger partial charge in [0.05, 0.1) is 6.67 Å².